The standard InChI is InChI=1S/C11H11N3/c1-9-3-4-10(8-13)7-11(9)14-6-2-5-12/h3-4,7,14H,2,6H2,1H3. The van der Waals surface area contributed by atoms with E-state index in [1.165, 1.54) is 0 Å². The molecule has 1 rings (SSSR count). The van der Waals surface area contributed by atoms with Crippen LogP contribution in [0.3, 0.4) is 0 Å². The molecule has 0 aromatic heterocycles. The third-order valence-corrected chi connectivity index (χ3v) is 1.92. The Hall–Kier alpha value is -2.00. The third kappa shape index (κ3) is 2.50. The molecular weight excluding hydrogens is 174 g/mol. The van der Waals surface area contributed by atoms with E-state index in [1.54, 1.807) is 12.1 Å². The number of nitriles is 2. The maximum atomic E-state index is 8.69. The molecule has 3 nitrogen and oxygen atoms in total. The van der Waals surface area contributed by atoms with E-state index in [0.29, 0.717) is 18.5 Å². The molecule has 0 fully saturated rings. The topological polar surface area (TPSA) is 59.6 Å². The minimum absolute atomic E-state index is 0.468. The van der Waals surface area contributed by atoms with Gasteiger partial charge in [-0.2, -0.15) is 10.5 Å². The molecular formula is C11H11N3. The zero-order valence-corrected chi connectivity index (χ0v) is 8.04. The van der Waals surface area contributed by atoms with Crippen LogP contribution in [-0.4, -0.2) is 6.54 Å². The molecule has 0 amide bonds. The molecule has 0 atom stereocenters. The molecule has 0 bridgehead atoms. The summed E-state index contributed by atoms with van der Waals surface area (Å²) in [5.74, 6) is 0. The van der Waals surface area contributed by atoms with Crippen LogP contribution in [0.2, 0.25) is 0 Å². The van der Waals surface area contributed by atoms with Crippen molar-refractivity contribution in [3.63, 3.8) is 0 Å². The highest BCUT2D eigenvalue weighted by Crippen LogP contribution is 2.15. The molecule has 0 aliphatic carbocycles. The van der Waals surface area contributed by atoms with Gasteiger partial charge in [-0.05, 0) is 24.6 Å². The first-order chi connectivity index (χ1) is 6.77. The van der Waals surface area contributed by atoms with Gasteiger partial charge in [-0.15, -0.1) is 0 Å². The maximum absolute atomic E-state index is 8.69. The molecule has 0 spiro atoms. The van der Waals surface area contributed by atoms with Gasteiger partial charge in [-0.1, -0.05) is 6.07 Å². The third-order valence-electron chi connectivity index (χ3n) is 1.92. The fourth-order valence-corrected chi connectivity index (χ4v) is 1.14. The average molecular weight is 185 g/mol. The first kappa shape index (κ1) is 10.1. The van der Waals surface area contributed by atoms with Crippen LogP contribution in [0.1, 0.15) is 17.5 Å². The van der Waals surface area contributed by atoms with E-state index in [4.69, 9.17) is 10.5 Å². The Morgan fingerprint density at radius 3 is 2.79 bits per heavy atom. The van der Waals surface area contributed by atoms with Crippen molar-refractivity contribution in [2.24, 2.45) is 0 Å². The number of hydrogen-bond acceptors (Lipinski definition) is 3. The molecule has 14 heavy (non-hydrogen) atoms. The normalized spacial score (nSPS) is 8.79. The van der Waals surface area contributed by atoms with E-state index in [-0.39, 0.29) is 0 Å². The summed E-state index contributed by atoms with van der Waals surface area (Å²) in [5.41, 5.74) is 2.65. The van der Waals surface area contributed by atoms with Gasteiger partial charge in [0.05, 0.1) is 24.1 Å². The number of nitrogens with one attached hydrogen (secondary N) is 1. The highest BCUT2D eigenvalue weighted by Gasteiger charge is 1.98. The number of hydrogen-bond donors (Lipinski definition) is 1. The van der Waals surface area contributed by atoms with Crippen molar-refractivity contribution in [3.8, 4) is 12.1 Å². The second-order valence-electron chi connectivity index (χ2n) is 2.98. The van der Waals surface area contributed by atoms with Gasteiger partial charge < -0.3 is 5.32 Å². The summed E-state index contributed by atoms with van der Waals surface area (Å²) in [6.07, 6.45) is 0.468. The molecule has 0 saturated carbocycles. The van der Waals surface area contributed by atoms with Gasteiger partial charge in [0.25, 0.3) is 0 Å². The fraction of sp³-hybridized carbons (Fsp3) is 0.273. The van der Waals surface area contributed by atoms with Crippen LogP contribution in [0.5, 0.6) is 0 Å². The largest absolute Gasteiger partial charge is 0.384 e. The lowest BCUT2D eigenvalue weighted by Gasteiger charge is -2.07. The highest BCUT2D eigenvalue weighted by atomic mass is 14.9. The summed E-state index contributed by atoms with van der Waals surface area (Å²) in [6.45, 7) is 2.59. The van der Waals surface area contributed by atoms with Crippen LogP contribution in [0.15, 0.2) is 18.2 Å². The second kappa shape index (κ2) is 4.89. The van der Waals surface area contributed by atoms with Crippen molar-refractivity contribution < 1.29 is 0 Å². The van der Waals surface area contributed by atoms with Crippen LogP contribution < -0.4 is 5.32 Å². The second-order valence-corrected chi connectivity index (χ2v) is 2.98. The molecule has 0 aliphatic rings. The SMILES string of the molecule is Cc1ccc(C#N)cc1NCCC#N. The van der Waals surface area contributed by atoms with Gasteiger partial charge in [-0.3, -0.25) is 0 Å². The van der Waals surface area contributed by atoms with Gasteiger partial charge in [0.2, 0.25) is 0 Å². The lowest BCUT2D eigenvalue weighted by molar-refractivity contribution is 1.07. The van der Waals surface area contributed by atoms with Gasteiger partial charge in [-0.25, -0.2) is 0 Å². The Morgan fingerprint density at radius 2 is 2.14 bits per heavy atom. The number of benzene rings is 1. The summed E-state index contributed by atoms with van der Waals surface area (Å²) in [5, 5.41) is 20.2. The van der Waals surface area contributed by atoms with Gasteiger partial charge in [0, 0.05) is 12.2 Å². The highest BCUT2D eigenvalue weighted by molar-refractivity contribution is 5.55. The van der Waals surface area contributed by atoms with Crippen LogP contribution in [0.4, 0.5) is 5.69 Å². The minimum atomic E-state index is 0.468. The zero-order valence-electron chi connectivity index (χ0n) is 8.04. The summed E-state index contributed by atoms with van der Waals surface area (Å²) in [4.78, 5) is 0. The van der Waals surface area contributed by atoms with E-state index in [2.05, 4.69) is 17.5 Å². The van der Waals surface area contributed by atoms with Crippen LogP contribution >= 0.6 is 0 Å². The van der Waals surface area contributed by atoms with E-state index in [9.17, 15) is 0 Å². The summed E-state index contributed by atoms with van der Waals surface area (Å²) in [6, 6.07) is 9.62. The van der Waals surface area contributed by atoms with Crippen LogP contribution in [-0.2, 0) is 0 Å². The Kier molecular flexibility index (Phi) is 3.52. The molecule has 0 aliphatic heterocycles. The Bertz CT molecular complexity index is 396. The van der Waals surface area contributed by atoms with E-state index in [1.807, 2.05) is 13.0 Å². The molecule has 3 heteroatoms. The molecule has 0 radical (unpaired) electrons. The van der Waals surface area contributed by atoms with Crippen molar-refractivity contribution in [1.82, 2.24) is 0 Å². The predicted octanol–water partition coefficient (Wildman–Crippen LogP) is 2.19. The molecule has 1 aromatic carbocycles. The summed E-state index contributed by atoms with van der Waals surface area (Å²) < 4.78 is 0. The van der Waals surface area contributed by atoms with Crippen molar-refractivity contribution in [1.29, 1.82) is 10.5 Å². The van der Waals surface area contributed by atoms with Crippen LogP contribution in [0, 0.1) is 29.6 Å². The lowest BCUT2D eigenvalue weighted by Crippen LogP contribution is -2.02. The number of aryl methyl sites for hydroxylation is 1. The van der Waals surface area contributed by atoms with E-state index in [0.717, 1.165) is 11.3 Å². The van der Waals surface area contributed by atoms with Gasteiger partial charge >= 0.3 is 0 Å². The van der Waals surface area contributed by atoms with Crippen molar-refractivity contribution in [2.45, 2.75) is 13.3 Å². The zero-order chi connectivity index (χ0) is 10.4. The van der Waals surface area contributed by atoms with Gasteiger partial charge in [0.15, 0.2) is 0 Å². The number of rotatable bonds is 3. The number of nitrogens with zero attached hydrogens (tertiary/aromatic N) is 2. The molecule has 70 valence electrons. The molecule has 1 aromatic rings. The summed E-state index contributed by atoms with van der Waals surface area (Å²) in [7, 11) is 0. The first-order valence-electron chi connectivity index (χ1n) is 4.39. The lowest BCUT2D eigenvalue weighted by atomic mass is 10.1. The first-order valence-corrected chi connectivity index (χ1v) is 4.39. The fourth-order valence-electron chi connectivity index (χ4n) is 1.14. The Labute approximate surface area is 83.6 Å². The average Bonchev–Trinajstić information content (AvgIpc) is 2.21. The Balaban J connectivity index is 2.76. The molecule has 0 saturated heterocycles. The predicted molar refractivity (Wildman–Crippen MR) is 54.6 cm³/mol. The van der Waals surface area contributed by atoms with Gasteiger partial charge in [0.1, 0.15) is 0 Å². The minimum Gasteiger partial charge on any atom is -0.384 e. The summed E-state index contributed by atoms with van der Waals surface area (Å²) >= 11 is 0. The number of anilines is 1. The van der Waals surface area contributed by atoms with Crippen LogP contribution in [0.25, 0.3) is 0 Å². The molecule has 0 unspecified atom stereocenters. The van der Waals surface area contributed by atoms with E-state index < -0.39 is 0 Å². The van der Waals surface area contributed by atoms with Crippen molar-refractivity contribution in [3.05, 3.63) is 29.3 Å². The smallest absolute Gasteiger partial charge is 0.0992 e. The quantitative estimate of drug-likeness (QED) is 0.734. The monoisotopic (exact) mass is 185 g/mol. The van der Waals surface area contributed by atoms with Crippen molar-refractivity contribution in [2.75, 3.05) is 11.9 Å². The Morgan fingerprint density at radius 1 is 1.36 bits per heavy atom. The molecule has 1 N–H and O–H groups in total. The van der Waals surface area contributed by atoms with E-state index >= 15 is 0 Å². The van der Waals surface area contributed by atoms with Crippen molar-refractivity contribution >= 4 is 5.69 Å². The maximum Gasteiger partial charge on any atom is 0.0992 e. The molecule has 0 heterocycles.